The summed E-state index contributed by atoms with van der Waals surface area (Å²) in [6, 6.07) is 62.8. The molecule has 0 amide bonds. The molecule has 2 aromatic heterocycles. The maximum atomic E-state index is 6.39. The molecule has 0 spiro atoms. The van der Waals surface area contributed by atoms with E-state index < -0.39 is 0 Å². The van der Waals surface area contributed by atoms with Gasteiger partial charge in [0.05, 0.1) is 11.1 Å². The van der Waals surface area contributed by atoms with Crippen LogP contribution in [0.25, 0.3) is 87.3 Å². The molecule has 2 heterocycles. The van der Waals surface area contributed by atoms with Gasteiger partial charge in [0.1, 0.15) is 22.3 Å². The Bertz CT molecular complexity index is 3140. The van der Waals surface area contributed by atoms with Crippen LogP contribution in [-0.2, 0) is 0 Å². The van der Waals surface area contributed by atoms with Crippen molar-refractivity contribution >= 4 is 93.3 Å². The van der Waals surface area contributed by atoms with Gasteiger partial charge >= 0.3 is 0 Å². The molecule has 51 heavy (non-hydrogen) atoms. The van der Waals surface area contributed by atoms with Crippen molar-refractivity contribution in [1.82, 2.24) is 0 Å². The minimum absolute atomic E-state index is 0.867. The van der Waals surface area contributed by atoms with Gasteiger partial charge in [0.15, 0.2) is 0 Å². The standard InChI is InChI=1S/C48H29NO2/c1-2-11-36-30(9-1)10-7-14-37(36)31-21-24-34(25-22-31)49(43-15-8-18-46-48(43)39-13-4-6-17-45(39)50-46)35-26-23-32-19-20-33-27-47-42(29-41(33)40(32)28-35)38-12-3-5-16-44(38)51-47/h1-29H. The number of furan rings is 2. The molecule has 0 saturated heterocycles. The topological polar surface area (TPSA) is 29.5 Å². The third kappa shape index (κ3) is 4.32. The molecule has 11 rings (SSSR count). The van der Waals surface area contributed by atoms with Crippen LogP contribution >= 0.6 is 0 Å². The van der Waals surface area contributed by atoms with Crippen LogP contribution in [-0.4, -0.2) is 0 Å². The third-order valence-electron chi connectivity index (χ3n) is 10.4. The lowest BCUT2D eigenvalue weighted by molar-refractivity contribution is 0.669. The van der Waals surface area contributed by atoms with E-state index in [0.717, 1.165) is 66.3 Å². The molecule has 0 saturated carbocycles. The Morgan fingerprint density at radius 2 is 0.941 bits per heavy atom. The number of hydrogen-bond donors (Lipinski definition) is 0. The van der Waals surface area contributed by atoms with Crippen molar-refractivity contribution in [3.8, 4) is 11.1 Å². The molecule has 0 fully saturated rings. The highest BCUT2D eigenvalue weighted by molar-refractivity contribution is 6.18. The SMILES string of the molecule is c1ccc2c(-c3ccc(N(c4ccc5ccc6cc7oc8ccccc8c7cc6c5c4)c4cccc5oc6ccccc6c45)cc3)cccc2c1. The van der Waals surface area contributed by atoms with Crippen LogP contribution in [0.15, 0.2) is 185 Å². The summed E-state index contributed by atoms with van der Waals surface area (Å²) in [7, 11) is 0. The highest BCUT2D eigenvalue weighted by atomic mass is 16.3. The summed E-state index contributed by atoms with van der Waals surface area (Å²) >= 11 is 0. The number of rotatable bonds is 4. The average Bonchev–Trinajstić information content (AvgIpc) is 3.75. The van der Waals surface area contributed by atoms with Crippen LogP contribution in [0.1, 0.15) is 0 Å². The molecule has 238 valence electrons. The maximum absolute atomic E-state index is 6.39. The first-order valence-electron chi connectivity index (χ1n) is 17.3. The summed E-state index contributed by atoms with van der Waals surface area (Å²) in [5, 5.41) is 11.7. The Morgan fingerprint density at radius 3 is 1.82 bits per heavy atom. The van der Waals surface area contributed by atoms with Crippen molar-refractivity contribution in [2.45, 2.75) is 0 Å². The highest BCUT2D eigenvalue weighted by Crippen LogP contribution is 2.45. The Kier molecular flexibility index (Phi) is 5.96. The quantitative estimate of drug-likeness (QED) is 0.177. The van der Waals surface area contributed by atoms with Gasteiger partial charge < -0.3 is 13.7 Å². The molecule has 3 nitrogen and oxygen atoms in total. The van der Waals surface area contributed by atoms with Gasteiger partial charge in [0, 0.05) is 27.5 Å². The second-order valence-corrected chi connectivity index (χ2v) is 13.3. The van der Waals surface area contributed by atoms with Crippen molar-refractivity contribution < 1.29 is 8.83 Å². The van der Waals surface area contributed by atoms with Gasteiger partial charge in [-0.3, -0.25) is 0 Å². The van der Waals surface area contributed by atoms with Crippen LogP contribution in [0.2, 0.25) is 0 Å². The Hall–Kier alpha value is -6.84. The number of benzene rings is 9. The van der Waals surface area contributed by atoms with Crippen LogP contribution in [0.5, 0.6) is 0 Å². The van der Waals surface area contributed by atoms with E-state index in [1.54, 1.807) is 0 Å². The summed E-state index contributed by atoms with van der Waals surface area (Å²) in [5.74, 6) is 0. The Labute approximate surface area is 293 Å². The first-order chi connectivity index (χ1) is 25.3. The van der Waals surface area contributed by atoms with Gasteiger partial charge in [-0.2, -0.15) is 0 Å². The molecule has 0 atom stereocenters. The van der Waals surface area contributed by atoms with E-state index in [4.69, 9.17) is 8.83 Å². The summed E-state index contributed by atoms with van der Waals surface area (Å²) in [5.41, 5.74) is 9.18. The van der Waals surface area contributed by atoms with Crippen LogP contribution in [0, 0.1) is 0 Å². The lowest BCUT2D eigenvalue weighted by Gasteiger charge is -2.27. The fraction of sp³-hybridized carbons (Fsp3) is 0. The number of nitrogens with zero attached hydrogens (tertiary/aromatic N) is 1. The fourth-order valence-corrected chi connectivity index (χ4v) is 8.04. The normalized spacial score (nSPS) is 11.9. The predicted octanol–water partition coefficient (Wildman–Crippen LogP) is 14.1. The molecule has 3 heteroatoms. The van der Waals surface area contributed by atoms with Gasteiger partial charge in [-0.15, -0.1) is 0 Å². The van der Waals surface area contributed by atoms with E-state index in [1.807, 2.05) is 24.3 Å². The average molecular weight is 652 g/mol. The van der Waals surface area contributed by atoms with E-state index in [1.165, 1.54) is 38.1 Å². The van der Waals surface area contributed by atoms with Gasteiger partial charge in [0.25, 0.3) is 0 Å². The van der Waals surface area contributed by atoms with Crippen molar-refractivity contribution in [2.75, 3.05) is 4.90 Å². The van der Waals surface area contributed by atoms with Crippen molar-refractivity contribution in [2.24, 2.45) is 0 Å². The molecule has 0 N–H and O–H groups in total. The Balaban J connectivity index is 1.15. The molecule has 0 bridgehead atoms. The number of hydrogen-bond acceptors (Lipinski definition) is 3. The van der Waals surface area contributed by atoms with Crippen molar-refractivity contribution in [3.63, 3.8) is 0 Å². The zero-order valence-electron chi connectivity index (χ0n) is 27.5. The highest BCUT2D eigenvalue weighted by Gasteiger charge is 2.20. The molecular weight excluding hydrogens is 623 g/mol. The molecule has 0 aliphatic heterocycles. The number of fused-ring (bicyclic) bond motifs is 10. The largest absolute Gasteiger partial charge is 0.456 e. The van der Waals surface area contributed by atoms with E-state index in [2.05, 4.69) is 157 Å². The number of anilines is 3. The molecule has 0 aliphatic carbocycles. The predicted molar refractivity (Wildman–Crippen MR) is 214 cm³/mol. The van der Waals surface area contributed by atoms with E-state index >= 15 is 0 Å². The summed E-state index contributed by atoms with van der Waals surface area (Å²) < 4.78 is 12.7. The van der Waals surface area contributed by atoms with E-state index in [-0.39, 0.29) is 0 Å². The van der Waals surface area contributed by atoms with Gasteiger partial charge in [0.2, 0.25) is 0 Å². The third-order valence-corrected chi connectivity index (χ3v) is 10.4. The zero-order valence-corrected chi connectivity index (χ0v) is 27.5. The van der Waals surface area contributed by atoms with Crippen LogP contribution in [0.3, 0.4) is 0 Å². The molecule has 9 aromatic carbocycles. The summed E-state index contributed by atoms with van der Waals surface area (Å²) in [6.45, 7) is 0. The second kappa shape index (κ2) is 10.8. The smallest absolute Gasteiger partial charge is 0.137 e. The van der Waals surface area contributed by atoms with Crippen LogP contribution < -0.4 is 4.90 Å². The number of para-hydroxylation sites is 2. The first kappa shape index (κ1) is 28.0. The lowest BCUT2D eigenvalue weighted by Crippen LogP contribution is -2.10. The van der Waals surface area contributed by atoms with Gasteiger partial charge in [-0.05, 0) is 104 Å². The van der Waals surface area contributed by atoms with E-state index in [0.29, 0.717) is 0 Å². The Morgan fingerprint density at radius 1 is 0.333 bits per heavy atom. The van der Waals surface area contributed by atoms with Crippen LogP contribution in [0.4, 0.5) is 17.1 Å². The molecular formula is C48H29NO2. The van der Waals surface area contributed by atoms with Crippen molar-refractivity contribution in [1.29, 1.82) is 0 Å². The maximum Gasteiger partial charge on any atom is 0.137 e. The second-order valence-electron chi connectivity index (χ2n) is 13.3. The molecule has 0 unspecified atom stereocenters. The summed E-state index contributed by atoms with van der Waals surface area (Å²) in [4.78, 5) is 2.38. The van der Waals surface area contributed by atoms with E-state index in [9.17, 15) is 0 Å². The lowest BCUT2D eigenvalue weighted by atomic mass is 9.97. The monoisotopic (exact) mass is 651 g/mol. The van der Waals surface area contributed by atoms with Gasteiger partial charge in [-0.1, -0.05) is 115 Å². The molecule has 0 radical (unpaired) electrons. The molecule has 11 aromatic rings. The fourth-order valence-electron chi connectivity index (χ4n) is 8.04. The van der Waals surface area contributed by atoms with Gasteiger partial charge in [-0.25, -0.2) is 0 Å². The molecule has 0 aliphatic rings. The minimum atomic E-state index is 0.867. The van der Waals surface area contributed by atoms with Crippen molar-refractivity contribution in [3.05, 3.63) is 176 Å². The first-order valence-corrected chi connectivity index (χ1v) is 17.3. The minimum Gasteiger partial charge on any atom is -0.456 e. The zero-order chi connectivity index (χ0) is 33.5. The summed E-state index contributed by atoms with van der Waals surface area (Å²) in [6.07, 6.45) is 0.